The molecule has 21 heavy (non-hydrogen) atoms. The van der Waals surface area contributed by atoms with Crippen molar-refractivity contribution in [3.05, 3.63) is 45.6 Å². The number of hydrogen-bond acceptors (Lipinski definition) is 3. The maximum absolute atomic E-state index is 13.5. The second-order valence-electron chi connectivity index (χ2n) is 4.38. The van der Waals surface area contributed by atoms with E-state index in [-0.39, 0.29) is 11.0 Å². The molecule has 3 aromatic rings. The minimum atomic E-state index is -0.523. The Balaban J connectivity index is 2.27. The number of nitrogen functional groups attached to an aromatic ring is 1. The number of nitrogens with two attached hydrogens (primary N) is 1. The van der Waals surface area contributed by atoms with Crippen molar-refractivity contribution in [3.63, 3.8) is 0 Å². The fourth-order valence-electron chi connectivity index (χ4n) is 2.16. The van der Waals surface area contributed by atoms with Crippen molar-refractivity contribution < 1.29 is 9.13 Å². The zero-order chi connectivity index (χ0) is 15.1. The van der Waals surface area contributed by atoms with Crippen molar-refractivity contribution in [1.82, 2.24) is 9.55 Å². The molecule has 0 radical (unpaired) electrons. The van der Waals surface area contributed by atoms with Crippen LogP contribution in [0.3, 0.4) is 0 Å². The average Bonchev–Trinajstić information content (AvgIpc) is 2.74. The average molecular weight is 371 g/mol. The molecule has 0 aliphatic rings. The predicted molar refractivity (Wildman–Crippen MR) is 84.7 cm³/mol. The lowest BCUT2D eigenvalue weighted by atomic mass is 10.2. The molecule has 0 saturated carbocycles. The Labute approximate surface area is 133 Å². The van der Waals surface area contributed by atoms with Crippen LogP contribution in [-0.2, 0) is 0 Å². The Kier molecular flexibility index (Phi) is 3.51. The lowest BCUT2D eigenvalue weighted by Gasteiger charge is -2.09. The molecular formula is C14H10BrClFN3O. The molecule has 2 N–H and O–H groups in total. The van der Waals surface area contributed by atoms with Crippen molar-refractivity contribution in [3.8, 4) is 11.4 Å². The summed E-state index contributed by atoms with van der Waals surface area (Å²) in [4.78, 5) is 4.16. The topological polar surface area (TPSA) is 53.1 Å². The van der Waals surface area contributed by atoms with Gasteiger partial charge in [-0.25, -0.2) is 9.37 Å². The van der Waals surface area contributed by atoms with Crippen LogP contribution in [0.15, 0.2) is 34.8 Å². The molecule has 0 amide bonds. The monoisotopic (exact) mass is 369 g/mol. The quantitative estimate of drug-likeness (QED) is 0.736. The van der Waals surface area contributed by atoms with Gasteiger partial charge in [-0.15, -0.1) is 0 Å². The van der Waals surface area contributed by atoms with Gasteiger partial charge >= 0.3 is 0 Å². The third-order valence-electron chi connectivity index (χ3n) is 3.12. The first-order valence-electron chi connectivity index (χ1n) is 5.98. The highest BCUT2D eigenvalue weighted by Crippen LogP contribution is 2.31. The molecular weight excluding hydrogens is 361 g/mol. The first kappa shape index (κ1) is 14.2. The van der Waals surface area contributed by atoms with Gasteiger partial charge in [-0.3, -0.25) is 4.57 Å². The summed E-state index contributed by atoms with van der Waals surface area (Å²) in [6, 6.07) is 8.25. The van der Waals surface area contributed by atoms with Crippen molar-refractivity contribution in [2.75, 3.05) is 12.8 Å². The van der Waals surface area contributed by atoms with E-state index in [1.54, 1.807) is 17.7 Å². The first-order valence-corrected chi connectivity index (χ1v) is 7.15. The normalized spacial score (nSPS) is 11.0. The summed E-state index contributed by atoms with van der Waals surface area (Å²) in [5, 5.41) is 0.0243. The van der Waals surface area contributed by atoms with E-state index in [1.807, 2.05) is 12.1 Å². The van der Waals surface area contributed by atoms with E-state index in [0.717, 1.165) is 10.2 Å². The van der Waals surface area contributed by atoms with Crippen LogP contribution in [0.25, 0.3) is 16.7 Å². The van der Waals surface area contributed by atoms with Gasteiger partial charge in [-0.2, -0.15) is 0 Å². The fraction of sp³-hybridized carbons (Fsp3) is 0.0714. The number of aromatic nitrogens is 2. The van der Waals surface area contributed by atoms with Crippen LogP contribution < -0.4 is 10.5 Å². The molecule has 0 aliphatic heterocycles. The Hall–Kier alpha value is -1.79. The van der Waals surface area contributed by atoms with E-state index in [1.165, 1.54) is 12.1 Å². The van der Waals surface area contributed by atoms with Crippen LogP contribution in [-0.4, -0.2) is 16.7 Å². The summed E-state index contributed by atoms with van der Waals surface area (Å²) >= 11 is 9.27. The zero-order valence-corrected chi connectivity index (χ0v) is 13.2. The van der Waals surface area contributed by atoms with Crippen molar-refractivity contribution in [1.29, 1.82) is 0 Å². The molecule has 0 saturated heterocycles. The summed E-state index contributed by atoms with van der Waals surface area (Å²) in [6.07, 6.45) is 0. The van der Waals surface area contributed by atoms with Crippen LogP contribution in [0.5, 0.6) is 5.75 Å². The molecule has 0 bridgehead atoms. The van der Waals surface area contributed by atoms with Gasteiger partial charge in [0.25, 0.3) is 0 Å². The highest BCUT2D eigenvalue weighted by atomic mass is 79.9. The summed E-state index contributed by atoms with van der Waals surface area (Å²) in [5.74, 6) is 0.430. The van der Waals surface area contributed by atoms with E-state index < -0.39 is 5.82 Å². The Morgan fingerprint density at radius 1 is 1.33 bits per heavy atom. The summed E-state index contributed by atoms with van der Waals surface area (Å²) in [5.41, 5.74) is 7.80. The maximum Gasteiger partial charge on any atom is 0.205 e. The molecule has 0 aliphatic carbocycles. The molecule has 7 heteroatoms. The number of rotatable bonds is 2. The van der Waals surface area contributed by atoms with Crippen molar-refractivity contribution in [2.24, 2.45) is 0 Å². The minimum Gasteiger partial charge on any atom is -0.496 e. The SMILES string of the molecule is COc1ccc(-n2c(N)nc3cc(F)c(Cl)cc32)cc1Br. The van der Waals surface area contributed by atoms with Crippen molar-refractivity contribution >= 4 is 44.5 Å². The van der Waals surface area contributed by atoms with E-state index in [0.29, 0.717) is 16.8 Å². The second kappa shape index (κ2) is 5.20. The molecule has 108 valence electrons. The number of anilines is 1. The first-order chi connectivity index (χ1) is 10.0. The van der Waals surface area contributed by atoms with Gasteiger partial charge in [-0.1, -0.05) is 11.6 Å². The molecule has 3 rings (SSSR count). The van der Waals surface area contributed by atoms with Gasteiger partial charge in [0.2, 0.25) is 5.95 Å². The lowest BCUT2D eigenvalue weighted by Crippen LogP contribution is -2.01. The Morgan fingerprint density at radius 2 is 2.10 bits per heavy atom. The smallest absolute Gasteiger partial charge is 0.205 e. The van der Waals surface area contributed by atoms with E-state index in [4.69, 9.17) is 22.1 Å². The van der Waals surface area contributed by atoms with Gasteiger partial charge in [0, 0.05) is 6.07 Å². The number of methoxy groups -OCH3 is 1. The number of hydrogen-bond donors (Lipinski definition) is 1. The number of benzene rings is 2. The molecule has 1 heterocycles. The van der Waals surface area contributed by atoms with E-state index in [2.05, 4.69) is 20.9 Å². The van der Waals surface area contributed by atoms with Crippen LogP contribution in [0.2, 0.25) is 5.02 Å². The fourth-order valence-corrected chi connectivity index (χ4v) is 2.84. The Bertz CT molecular complexity index is 850. The molecule has 1 aromatic heterocycles. The van der Waals surface area contributed by atoms with Gasteiger partial charge < -0.3 is 10.5 Å². The molecule has 0 atom stereocenters. The number of fused-ring (bicyclic) bond motifs is 1. The van der Waals surface area contributed by atoms with Gasteiger partial charge in [-0.05, 0) is 40.2 Å². The third-order valence-corrected chi connectivity index (χ3v) is 4.03. The van der Waals surface area contributed by atoms with Crippen LogP contribution in [0.1, 0.15) is 0 Å². The number of halogens is 3. The minimum absolute atomic E-state index is 0.0243. The standard InChI is InChI=1S/C14H10BrClFN3O/c1-21-13-3-2-7(4-8(13)15)20-12-5-9(16)10(17)6-11(12)19-14(20)18/h2-6H,1H3,(H2,18,19). The maximum atomic E-state index is 13.5. The predicted octanol–water partition coefficient (Wildman–Crippen LogP) is 4.17. The van der Waals surface area contributed by atoms with Gasteiger partial charge in [0.1, 0.15) is 11.6 Å². The third kappa shape index (κ3) is 2.34. The molecule has 2 aromatic carbocycles. The number of nitrogens with zero attached hydrogens (tertiary/aromatic N) is 2. The Morgan fingerprint density at radius 3 is 2.76 bits per heavy atom. The summed E-state index contributed by atoms with van der Waals surface area (Å²) in [6.45, 7) is 0. The molecule has 0 spiro atoms. The van der Waals surface area contributed by atoms with Crippen LogP contribution in [0, 0.1) is 5.82 Å². The number of imidazole rings is 1. The van der Waals surface area contributed by atoms with Crippen LogP contribution >= 0.6 is 27.5 Å². The van der Waals surface area contributed by atoms with E-state index in [9.17, 15) is 4.39 Å². The summed E-state index contributed by atoms with van der Waals surface area (Å²) in [7, 11) is 1.59. The highest BCUT2D eigenvalue weighted by Gasteiger charge is 2.14. The zero-order valence-electron chi connectivity index (χ0n) is 10.9. The lowest BCUT2D eigenvalue weighted by molar-refractivity contribution is 0.412. The van der Waals surface area contributed by atoms with Gasteiger partial charge in [0.05, 0.1) is 33.3 Å². The largest absolute Gasteiger partial charge is 0.496 e. The number of ether oxygens (including phenoxy) is 1. The highest BCUT2D eigenvalue weighted by molar-refractivity contribution is 9.10. The van der Waals surface area contributed by atoms with Crippen molar-refractivity contribution in [2.45, 2.75) is 0 Å². The molecule has 4 nitrogen and oxygen atoms in total. The van der Waals surface area contributed by atoms with Crippen LogP contribution in [0.4, 0.5) is 10.3 Å². The molecule has 0 unspecified atom stereocenters. The van der Waals surface area contributed by atoms with E-state index >= 15 is 0 Å². The van der Waals surface area contributed by atoms with Gasteiger partial charge in [0.15, 0.2) is 0 Å². The molecule has 0 fully saturated rings. The second-order valence-corrected chi connectivity index (χ2v) is 5.64. The summed E-state index contributed by atoms with van der Waals surface area (Å²) < 4.78 is 21.2.